The zero-order chi connectivity index (χ0) is 19.8. The summed E-state index contributed by atoms with van der Waals surface area (Å²) in [4.78, 5) is 0.935. The molecule has 0 saturated carbocycles. The Hall–Kier alpha value is -2.63. The van der Waals surface area contributed by atoms with E-state index in [2.05, 4.69) is 12.1 Å². The van der Waals surface area contributed by atoms with E-state index in [1.54, 1.807) is 23.9 Å². The van der Waals surface area contributed by atoms with E-state index in [0.717, 1.165) is 27.1 Å². The lowest BCUT2D eigenvalue weighted by Gasteiger charge is -2.15. The number of benzene rings is 3. The Kier molecular flexibility index (Phi) is 4.96. The zero-order valence-corrected chi connectivity index (χ0v) is 16.9. The Balaban J connectivity index is 1.93. The second-order valence-electron chi connectivity index (χ2n) is 6.44. The monoisotopic (exact) mass is 421 g/mol. The first-order valence-corrected chi connectivity index (χ1v) is 10.1. The fourth-order valence-electron chi connectivity index (χ4n) is 3.49. The highest BCUT2D eigenvalue weighted by Crippen LogP contribution is 2.54. The zero-order valence-electron chi connectivity index (χ0n) is 14.5. The van der Waals surface area contributed by atoms with Crippen molar-refractivity contribution in [3.05, 3.63) is 80.8 Å². The Bertz CT molecular complexity index is 1160. The lowest BCUT2D eigenvalue weighted by molar-refractivity contribution is 0.946. The number of rotatable bonds is 2. The van der Waals surface area contributed by atoms with Crippen molar-refractivity contribution in [1.82, 2.24) is 0 Å². The maximum absolute atomic E-state index is 9.79. The molecule has 1 aliphatic heterocycles. The third kappa shape index (κ3) is 3.11. The SMILES string of the molecule is N#Cc1c(N)c(C#N)c(-c2ccc(Cl)cc2)c2c1CC(c1ccc(Cl)cc1)S2. The molecule has 0 radical (unpaired) electrons. The van der Waals surface area contributed by atoms with E-state index in [-0.39, 0.29) is 10.9 Å². The second kappa shape index (κ2) is 7.41. The third-order valence-corrected chi connectivity index (χ3v) is 6.75. The van der Waals surface area contributed by atoms with Gasteiger partial charge in [0, 0.05) is 25.8 Å². The fourth-order valence-corrected chi connectivity index (χ4v) is 5.24. The van der Waals surface area contributed by atoms with Crippen LogP contribution < -0.4 is 5.73 Å². The van der Waals surface area contributed by atoms with Crippen LogP contribution in [0.5, 0.6) is 0 Å². The minimum Gasteiger partial charge on any atom is -0.397 e. The molecule has 0 aromatic heterocycles. The molecule has 0 bridgehead atoms. The van der Waals surface area contributed by atoms with Gasteiger partial charge in [0.25, 0.3) is 0 Å². The molecular formula is C22H13Cl2N3S. The van der Waals surface area contributed by atoms with Gasteiger partial charge in [-0.15, -0.1) is 11.8 Å². The minimum atomic E-state index is 0.124. The van der Waals surface area contributed by atoms with Gasteiger partial charge in [-0.25, -0.2) is 0 Å². The van der Waals surface area contributed by atoms with Crippen molar-refractivity contribution < 1.29 is 0 Å². The van der Waals surface area contributed by atoms with Crippen LogP contribution in [0.1, 0.15) is 27.5 Å². The number of anilines is 1. The van der Waals surface area contributed by atoms with Gasteiger partial charge in [0.1, 0.15) is 12.1 Å². The molecule has 3 nitrogen and oxygen atoms in total. The second-order valence-corrected chi connectivity index (χ2v) is 8.52. The smallest absolute Gasteiger partial charge is 0.102 e. The van der Waals surface area contributed by atoms with Crippen LogP contribution in [0, 0.1) is 22.7 Å². The molecule has 2 N–H and O–H groups in total. The maximum Gasteiger partial charge on any atom is 0.102 e. The summed E-state index contributed by atoms with van der Waals surface area (Å²) in [5.41, 5.74) is 10.9. The van der Waals surface area contributed by atoms with Crippen LogP contribution in [0.2, 0.25) is 10.0 Å². The van der Waals surface area contributed by atoms with Crippen LogP contribution in [-0.2, 0) is 6.42 Å². The molecule has 3 aromatic carbocycles. The van der Waals surface area contributed by atoms with Crippen molar-refractivity contribution in [2.45, 2.75) is 16.6 Å². The molecule has 136 valence electrons. The van der Waals surface area contributed by atoms with E-state index in [1.165, 1.54) is 0 Å². The van der Waals surface area contributed by atoms with E-state index < -0.39 is 0 Å². The van der Waals surface area contributed by atoms with Gasteiger partial charge in [-0.05, 0) is 47.4 Å². The minimum absolute atomic E-state index is 0.124. The van der Waals surface area contributed by atoms with Gasteiger partial charge in [0.05, 0.1) is 16.8 Å². The summed E-state index contributed by atoms with van der Waals surface area (Å²) >= 11 is 13.7. The summed E-state index contributed by atoms with van der Waals surface area (Å²) < 4.78 is 0. The molecular weight excluding hydrogens is 409 g/mol. The number of thioether (sulfide) groups is 1. The first-order chi connectivity index (χ1) is 13.5. The maximum atomic E-state index is 9.79. The molecule has 28 heavy (non-hydrogen) atoms. The number of nitrogens with two attached hydrogens (primary N) is 1. The Labute approximate surface area is 177 Å². The van der Waals surface area contributed by atoms with E-state index in [4.69, 9.17) is 28.9 Å². The lowest BCUT2D eigenvalue weighted by Crippen LogP contribution is -2.03. The fraction of sp³-hybridized carbons (Fsp3) is 0.0909. The number of halogens is 2. The van der Waals surface area contributed by atoms with Crippen LogP contribution in [0.15, 0.2) is 53.4 Å². The highest BCUT2D eigenvalue weighted by atomic mass is 35.5. The van der Waals surface area contributed by atoms with Gasteiger partial charge in [-0.3, -0.25) is 0 Å². The van der Waals surface area contributed by atoms with Crippen molar-refractivity contribution in [1.29, 1.82) is 10.5 Å². The average molecular weight is 422 g/mol. The molecule has 1 aliphatic rings. The molecule has 0 aliphatic carbocycles. The topological polar surface area (TPSA) is 73.6 Å². The molecule has 3 aromatic rings. The number of nitrogens with zero attached hydrogens (tertiary/aromatic N) is 2. The van der Waals surface area contributed by atoms with Gasteiger partial charge in [-0.1, -0.05) is 47.5 Å². The number of nitriles is 2. The van der Waals surface area contributed by atoms with Gasteiger partial charge in [0.2, 0.25) is 0 Å². The summed E-state index contributed by atoms with van der Waals surface area (Å²) in [6.45, 7) is 0. The number of nitrogen functional groups attached to an aromatic ring is 1. The predicted molar refractivity (Wildman–Crippen MR) is 114 cm³/mol. The van der Waals surface area contributed by atoms with Gasteiger partial charge >= 0.3 is 0 Å². The summed E-state index contributed by atoms with van der Waals surface area (Å²) in [5, 5.41) is 20.9. The highest BCUT2D eigenvalue weighted by Gasteiger charge is 2.32. The number of fused-ring (bicyclic) bond motifs is 1. The van der Waals surface area contributed by atoms with E-state index in [0.29, 0.717) is 27.6 Å². The van der Waals surface area contributed by atoms with Crippen LogP contribution in [0.4, 0.5) is 5.69 Å². The quantitative estimate of drug-likeness (QED) is 0.487. The summed E-state index contributed by atoms with van der Waals surface area (Å²) in [7, 11) is 0. The van der Waals surface area contributed by atoms with Crippen molar-refractivity contribution in [2.75, 3.05) is 5.73 Å². The van der Waals surface area contributed by atoms with Crippen molar-refractivity contribution in [3.8, 4) is 23.3 Å². The van der Waals surface area contributed by atoms with Gasteiger partial charge in [-0.2, -0.15) is 10.5 Å². The van der Waals surface area contributed by atoms with E-state index in [1.807, 2.05) is 36.4 Å². The molecule has 0 spiro atoms. The molecule has 4 rings (SSSR count). The normalized spacial score (nSPS) is 14.9. The van der Waals surface area contributed by atoms with Gasteiger partial charge in [0.15, 0.2) is 0 Å². The predicted octanol–water partition coefficient (Wildman–Crippen LogP) is 6.38. The molecule has 0 fully saturated rings. The number of hydrogen-bond donors (Lipinski definition) is 1. The Morgan fingerprint density at radius 1 is 0.893 bits per heavy atom. The van der Waals surface area contributed by atoms with Crippen molar-refractivity contribution in [2.24, 2.45) is 0 Å². The highest BCUT2D eigenvalue weighted by molar-refractivity contribution is 8.00. The molecule has 0 amide bonds. The summed E-state index contributed by atoms with van der Waals surface area (Å²) in [6, 6.07) is 19.4. The molecule has 1 heterocycles. The molecule has 1 atom stereocenters. The lowest BCUT2D eigenvalue weighted by atomic mass is 9.90. The molecule has 0 saturated heterocycles. The molecule has 1 unspecified atom stereocenters. The van der Waals surface area contributed by atoms with Crippen LogP contribution in [0.3, 0.4) is 0 Å². The van der Waals surface area contributed by atoms with Crippen molar-refractivity contribution in [3.63, 3.8) is 0 Å². The first kappa shape index (κ1) is 18.7. The van der Waals surface area contributed by atoms with Crippen LogP contribution in [-0.4, -0.2) is 0 Å². The van der Waals surface area contributed by atoms with Gasteiger partial charge < -0.3 is 5.73 Å². The van der Waals surface area contributed by atoms with Crippen LogP contribution in [0.25, 0.3) is 11.1 Å². The van der Waals surface area contributed by atoms with Crippen molar-refractivity contribution >= 4 is 40.7 Å². The standard InChI is InChI=1S/C22H13Cl2N3S/c23-14-5-1-12(2-6-14)19-9-16-17(10-25)21(27)18(11-26)20(22(16)28-19)13-3-7-15(24)8-4-13/h1-8,19H,9,27H2. The third-order valence-electron chi connectivity index (χ3n) is 4.84. The Morgan fingerprint density at radius 2 is 1.46 bits per heavy atom. The average Bonchev–Trinajstić information content (AvgIpc) is 3.13. The van der Waals surface area contributed by atoms with Crippen LogP contribution >= 0.6 is 35.0 Å². The first-order valence-electron chi connectivity index (χ1n) is 8.50. The largest absolute Gasteiger partial charge is 0.397 e. The summed E-state index contributed by atoms with van der Waals surface area (Å²) in [6.07, 6.45) is 0.668. The molecule has 6 heteroatoms. The van der Waals surface area contributed by atoms with E-state index in [9.17, 15) is 10.5 Å². The Morgan fingerprint density at radius 3 is 2.04 bits per heavy atom. The number of hydrogen-bond acceptors (Lipinski definition) is 4. The summed E-state index contributed by atoms with van der Waals surface area (Å²) in [5.74, 6) is 0. The van der Waals surface area contributed by atoms with E-state index >= 15 is 0 Å².